The number of likely N-dealkylation sites (N-methyl/N-ethyl adjacent to an activating group) is 1. The lowest BCUT2D eigenvalue weighted by molar-refractivity contribution is -0.140. The summed E-state index contributed by atoms with van der Waals surface area (Å²) in [5, 5.41) is 2.60. The van der Waals surface area contributed by atoms with Crippen molar-refractivity contribution in [3.63, 3.8) is 0 Å². The summed E-state index contributed by atoms with van der Waals surface area (Å²) in [6.45, 7) is 5.51. The quantitative estimate of drug-likeness (QED) is 0.360. The summed E-state index contributed by atoms with van der Waals surface area (Å²) in [6, 6.07) is 17.4. The first kappa shape index (κ1) is 29.6. The van der Waals surface area contributed by atoms with E-state index in [0.29, 0.717) is 18.8 Å². The molecular formula is C29H34FN3O5S. The number of nitrogens with zero attached hydrogens (tertiary/aromatic N) is 2. The van der Waals surface area contributed by atoms with Crippen LogP contribution in [0.2, 0.25) is 0 Å². The Morgan fingerprint density at radius 3 is 2.23 bits per heavy atom. The van der Waals surface area contributed by atoms with Crippen LogP contribution in [0.5, 0.6) is 5.75 Å². The molecule has 1 N–H and O–H groups in total. The van der Waals surface area contributed by atoms with Gasteiger partial charge in [-0.25, -0.2) is 12.8 Å². The van der Waals surface area contributed by atoms with Crippen LogP contribution in [0.3, 0.4) is 0 Å². The molecule has 0 aromatic heterocycles. The predicted molar refractivity (Wildman–Crippen MR) is 148 cm³/mol. The van der Waals surface area contributed by atoms with E-state index < -0.39 is 34.3 Å². The highest BCUT2D eigenvalue weighted by atomic mass is 32.2. The Labute approximate surface area is 229 Å². The van der Waals surface area contributed by atoms with E-state index >= 15 is 0 Å². The highest BCUT2D eigenvalue weighted by molar-refractivity contribution is 7.92. The summed E-state index contributed by atoms with van der Waals surface area (Å²) in [7, 11) is -2.79. The lowest BCUT2D eigenvalue weighted by Crippen LogP contribution is -2.51. The Kier molecular flexibility index (Phi) is 10.1. The van der Waals surface area contributed by atoms with Crippen LogP contribution in [0, 0.1) is 12.7 Å². The third kappa shape index (κ3) is 7.35. The van der Waals surface area contributed by atoms with Crippen LogP contribution < -0.4 is 14.4 Å². The Morgan fingerprint density at radius 1 is 1.00 bits per heavy atom. The first-order valence-corrected chi connectivity index (χ1v) is 14.1. The van der Waals surface area contributed by atoms with E-state index in [1.54, 1.807) is 31.2 Å². The molecule has 0 bridgehead atoms. The largest absolute Gasteiger partial charge is 0.494 e. The highest BCUT2D eigenvalue weighted by Gasteiger charge is 2.33. The maximum Gasteiger partial charge on any atom is 0.264 e. The Bertz CT molecular complexity index is 1380. The average Bonchev–Trinajstić information content (AvgIpc) is 2.92. The topological polar surface area (TPSA) is 96.0 Å². The number of rotatable bonds is 12. The van der Waals surface area contributed by atoms with E-state index in [9.17, 15) is 22.4 Å². The molecule has 39 heavy (non-hydrogen) atoms. The normalized spacial score (nSPS) is 11.9. The van der Waals surface area contributed by atoms with Crippen LogP contribution >= 0.6 is 0 Å². The summed E-state index contributed by atoms with van der Waals surface area (Å²) in [4.78, 5) is 27.9. The molecule has 0 aliphatic rings. The molecule has 1 unspecified atom stereocenters. The first-order chi connectivity index (χ1) is 18.6. The van der Waals surface area contributed by atoms with Gasteiger partial charge in [0.05, 0.1) is 17.2 Å². The van der Waals surface area contributed by atoms with Gasteiger partial charge in [0.15, 0.2) is 0 Å². The molecule has 3 aromatic carbocycles. The minimum atomic E-state index is -4.28. The van der Waals surface area contributed by atoms with E-state index in [1.807, 2.05) is 38.1 Å². The Morgan fingerprint density at radius 2 is 1.67 bits per heavy atom. The molecular weight excluding hydrogens is 521 g/mol. The van der Waals surface area contributed by atoms with Crippen molar-refractivity contribution < 1.29 is 27.1 Å². The monoisotopic (exact) mass is 555 g/mol. The van der Waals surface area contributed by atoms with Gasteiger partial charge in [-0.05, 0) is 74.4 Å². The van der Waals surface area contributed by atoms with Gasteiger partial charge in [0.2, 0.25) is 11.8 Å². The van der Waals surface area contributed by atoms with Crippen molar-refractivity contribution in [2.24, 2.45) is 0 Å². The summed E-state index contributed by atoms with van der Waals surface area (Å²) in [6.07, 6.45) is 0.324. The average molecular weight is 556 g/mol. The zero-order valence-electron chi connectivity index (χ0n) is 22.6. The van der Waals surface area contributed by atoms with Gasteiger partial charge >= 0.3 is 0 Å². The van der Waals surface area contributed by atoms with Crippen LogP contribution in [0.4, 0.5) is 10.1 Å². The number of hydrogen-bond acceptors (Lipinski definition) is 5. The van der Waals surface area contributed by atoms with E-state index in [1.165, 1.54) is 11.9 Å². The predicted octanol–water partition coefficient (Wildman–Crippen LogP) is 4.28. The van der Waals surface area contributed by atoms with Gasteiger partial charge in [0.25, 0.3) is 10.0 Å². The molecule has 8 nitrogen and oxygen atoms in total. The summed E-state index contributed by atoms with van der Waals surface area (Å²) >= 11 is 0. The highest BCUT2D eigenvalue weighted by Crippen LogP contribution is 2.27. The number of halogens is 1. The van der Waals surface area contributed by atoms with Gasteiger partial charge in [-0.3, -0.25) is 13.9 Å². The van der Waals surface area contributed by atoms with Crippen LogP contribution in [0.1, 0.15) is 31.4 Å². The second-order valence-corrected chi connectivity index (χ2v) is 10.8. The minimum absolute atomic E-state index is 0.111. The van der Waals surface area contributed by atoms with E-state index in [4.69, 9.17) is 4.74 Å². The fraction of sp³-hybridized carbons (Fsp3) is 0.310. The van der Waals surface area contributed by atoms with Gasteiger partial charge in [-0.15, -0.1) is 0 Å². The number of carbonyl (C=O) groups excluding carboxylic acids is 2. The molecule has 3 aromatic rings. The molecule has 0 heterocycles. The van der Waals surface area contributed by atoms with E-state index in [-0.39, 0.29) is 23.0 Å². The summed E-state index contributed by atoms with van der Waals surface area (Å²) in [5.41, 5.74) is 2.02. The number of anilines is 1. The number of sulfonamides is 1. The second-order valence-electron chi connectivity index (χ2n) is 8.94. The number of amides is 2. The molecule has 0 aliphatic carbocycles. The summed E-state index contributed by atoms with van der Waals surface area (Å²) < 4.78 is 47.6. The Balaban J connectivity index is 2.06. The van der Waals surface area contributed by atoms with Crippen molar-refractivity contribution in [2.75, 3.05) is 24.5 Å². The lowest BCUT2D eigenvalue weighted by Gasteiger charge is -2.33. The van der Waals surface area contributed by atoms with E-state index in [2.05, 4.69) is 5.32 Å². The standard InChI is InChI=1S/C29H34FN3O5S/c1-5-27(29(35)31-4)32(19-22-9-7-8-21(3)18-22)28(34)20-33(24-12-14-25(15-13-24)38-6-2)39(36,37)26-16-10-23(30)11-17-26/h7-18,27H,5-6,19-20H2,1-4H3,(H,31,35). The van der Waals surface area contributed by atoms with Crippen LogP contribution in [0.25, 0.3) is 0 Å². The lowest BCUT2D eigenvalue weighted by atomic mass is 10.1. The number of aryl methyl sites for hydroxylation is 1. The Hall–Kier alpha value is -3.92. The number of nitrogens with one attached hydrogen (secondary N) is 1. The molecule has 1 atom stereocenters. The third-order valence-corrected chi connectivity index (χ3v) is 7.97. The number of benzene rings is 3. The molecule has 0 saturated heterocycles. The molecule has 2 amide bonds. The molecule has 0 radical (unpaired) electrons. The minimum Gasteiger partial charge on any atom is -0.494 e. The number of hydrogen-bond donors (Lipinski definition) is 1. The molecule has 0 aliphatic heterocycles. The number of carbonyl (C=O) groups is 2. The van der Waals surface area contributed by atoms with Gasteiger partial charge < -0.3 is 15.0 Å². The molecule has 208 valence electrons. The van der Waals surface area contributed by atoms with Crippen molar-refractivity contribution in [1.82, 2.24) is 10.2 Å². The molecule has 3 rings (SSSR count). The maximum absolute atomic E-state index is 13.9. The van der Waals surface area contributed by atoms with E-state index in [0.717, 1.165) is 39.7 Å². The zero-order chi connectivity index (χ0) is 28.6. The number of ether oxygens (including phenoxy) is 1. The molecule has 0 fully saturated rings. The smallest absolute Gasteiger partial charge is 0.264 e. The van der Waals surface area contributed by atoms with Crippen molar-refractivity contribution in [2.45, 2.75) is 44.7 Å². The zero-order valence-corrected chi connectivity index (χ0v) is 23.4. The second kappa shape index (κ2) is 13.2. The van der Waals surface area contributed by atoms with Crippen molar-refractivity contribution in [3.8, 4) is 5.75 Å². The SMILES string of the molecule is CCOc1ccc(N(CC(=O)N(Cc2cccc(C)c2)C(CC)C(=O)NC)S(=O)(=O)c2ccc(F)cc2)cc1. The fourth-order valence-corrected chi connectivity index (χ4v) is 5.65. The van der Waals surface area contributed by atoms with Crippen molar-refractivity contribution in [3.05, 3.63) is 89.7 Å². The molecule has 0 saturated carbocycles. The maximum atomic E-state index is 13.9. The van der Waals surface area contributed by atoms with Crippen LogP contribution in [0.15, 0.2) is 77.7 Å². The van der Waals surface area contributed by atoms with Crippen molar-refractivity contribution >= 4 is 27.5 Å². The summed E-state index contributed by atoms with van der Waals surface area (Å²) in [5.74, 6) is -0.962. The van der Waals surface area contributed by atoms with Gasteiger partial charge in [-0.2, -0.15) is 0 Å². The van der Waals surface area contributed by atoms with Gasteiger partial charge in [0.1, 0.15) is 24.2 Å². The van der Waals surface area contributed by atoms with Crippen LogP contribution in [-0.4, -0.2) is 51.4 Å². The van der Waals surface area contributed by atoms with Gasteiger partial charge in [-0.1, -0.05) is 36.8 Å². The third-order valence-electron chi connectivity index (χ3n) is 6.18. The molecule has 0 spiro atoms. The first-order valence-electron chi connectivity index (χ1n) is 12.7. The van der Waals surface area contributed by atoms with Crippen molar-refractivity contribution in [1.29, 1.82) is 0 Å². The van der Waals surface area contributed by atoms with Gasteiger partial charge in [0, 0.05) is 13.6 Å². The van der Waals surface area contributed by atoms with Crippen LogP contribution in [-0.2, 0) is 26.2 Å². The molecule has 10 heteroatoms. The fourth-order valence-electron chi connectivity index (χ4n) is 4.23.